The van der Waals surface area contributed by atoms with E-state index in [2.05, 4.69) is 10.3 Å². The fourth-order valence-corrected chi connectivity index (χ4v) is 1.45. The smallest absolute Gasteiger partial charge is 0.0659 e. The Labute approximate surface area is 75.5 Å². The van der Waals surface area contributed by atoms with Crippen LogP contribution in [0.25, 0.3) is 10.9 Å². The Balaban J connectivity index is 2.71. The van der Waals surface area contributed by atoms with Gasteiger partial charge in [-0.05, 0) is 18.2 Å². The average molecular weight is 181 g/mol. The maximum Gasteiger partial charge on any atom is 0.0659 e. The molecule has 0 saturated carbocycles. The van der Waals surface area contributed by atoms with E-state index in [1.807, 2.05) is 25.2 Å². The first-order valence-corrected chi connectivity index (χ1v) is 4.13. The quantitative estimate of drug-likeness (QED) is 0.694. The number of benzene rings is 1. The summed E-state index contributed by atoms with van der Waals surface area (Å²) >= 11 is 5.94. The number of H-pyrrole nitrogens is 1. The normalized spacial score (nSPS) is 10.5. The second-order valence-corrected chi connectivity index (χ2v) is 3.05. The molecule has 0 saturated heterocycles. The minimum absolute atomic E-state index is 0.766. The van der Waals surface area contributed by atoms with Crippen molar-refractivity contribution in [2.75, 3.05) is 12.4 Å². The van der Waals surface area contributed by atoms with Crippen molar-refractivity contribution in [3.8, 4) is 0 Å². The molecule has 1 aromatic carbocycles. The number of aromatic nitrogens is 1. The lowest BCUT2D eigenvalue weighted by atomic mass is 10.2. The number of aromatic amines is 1. The molecule has 0 aliphatic carbocycles. The summed E-state index contributed by atoms with van der Waals surface area (Å²) in [5.41, 5.74) is 2.14. The van der Waals surface area contributed by atoms with Gasteiger partial charge in [-0.2, -0.15) is 0 Å². The number of fused-ring (bicyclic) bond motifs is 1. The zero-order chi connectivity index (χ0) is 8.55. The molecule has 2 rings (SSSR count). The molecule has 0 bridgehead atoms. The number of hydrogen-bond acceptors (Lipinski definition) is 1. The molecule has 3 heteroatoms. The highest BCUT2D eigenvalue weighted by Gasteiger charge is 2.00. The maximum atomic E-state index is 5.94. The second-order valence-electron chi connectivity index (χ2n) is 2.65. The van der Waals surface area contributed by atoms with Gasteiger partial charge in [0.2, 0.25) is 0 Å². The van der Waals surface area contributed by atoms with Crippen molar-refractivity contribution in [2.24, 2.45) is 0 Å². The third-order valence-electron chi connectivity index (χ3n) is 1.92. The molecule has 0 aliphatic rings. The monoisotopic (exact) mass is 180 g/mol. The molecular weight excluding hydrogens is 172 g/mol. The first-order chi connectivity index (χ1) is 5.81. The van der Waals surface area contributed by atoms with Crippen LogP contribution in [0.4, 0.5) is 5.69 Å². The van der Waals surface area contributed by atoms with E-state index >= 15 is 0 Å². The molecule has 0 amide bonds. The van der Waals surface area contributed by atoms with Crippen molar-refractivity contribution >= 4 is 28.2 Å². The third kappa shape index (κ3) is 1.04. The van der Waals surface area contributed by atoms with Crippen LogP contribution in [0.5, 0.6) is 0 Å². The van der Waals surface area contributed by atoms with E-state index in [4.69, 9.17) is 11.6 Å². The minimum Gasteiger partial charge on any atom is -0.388 e. The van der Waals surface area contributed by atoms with Gasteiger partial charge in [0.05, 0.1) is 5.02 Å². The zero-order valence-corrected chi connectivity index (χ0v) is 7.44. The highest BCUT2D eigenvalue weighted by atomic mass is 35.5. The molecule has 0 unspecified atom stereocenters. The summed E-state index contributed by atoms with van der Waals surface area (Å²) in [6.45, 7) is 0. The van der Waals surface area contributed by atoms with E-state index in [-0.39, 0.29) is 0 Å². The highest BCUT2D eigenvalue weighted by Crippen LogP contribution is 2.25. The summed E-state index contributed by atoms with van der Waals surface area (Å²) in [5, 5.41) is 4.89. The summed E-state index contributed by atoms with van der Waals surface area (Å²) in [6, 6.07) is 6.04. The minimum atomic E-state index is 0.766. The molecule has 12 heavy (non-hydrogen) atoms. The first kappa shape index (κ1) is 7.50. The largest absolute Gasteiger partial charge is 0.388 e. The van der Waals surface area contributed by atoms with Gasteiger partial charge < -0.3 is 10.3 Å². The van der Waals surface area contributed by atoms with Gasteiger partial charge in [-0.25, -0.2) is 0 Å². The molecule has 0 radical (unpaired) electrons. The standard InChI is InChI=1S/C9H9ClN2/c1-11-6-2-3-9-7(4-6)8(10)5-12-9/h2-5,11-12H,1H3. The predicted molar refractivity (Wildman–Crippen MR) is 52.9 cm³/mol. The summed E-state index contributed by atoms with van der Waals surface area (Å²) in [5.74, 6) is 0. The fourth-order valence-electron chi connectivity index (χ4n) is 1.24. The molecule has 2 N–H and O–H groups in total. The van der Waals surface area contributed by atoms with Crippen molar-refractivity contribution < 1.29 is 0 Å². The molecule has 0 fully saturated rings. The van der Waals surface area contributed by atoms with Crippen LogP contribution in [0.2, 0.25) is 5.02 Å². The average Bonchev–Trinajstić information content (AvgIpc) is 2.47. The Bertz CT molecular complexity index is 406. The molecule has 0 atom stereocenters. The van der Waals surface area contributed by atoms with Crippen molar-refractivity contribution in [1.82, 2.24) is 4.98 Å². The molecule has 2 aromatic rings. The van der Waals surface area contributed by atoms with Gasteiger partial charge >= 0.3 is 0 Å². The van der Waals surface area contributed by atoms with Crippen LogP contribution in [0.3, 0.4) is 0 Å². The van der Waals surface area contributed by atoms with Crippen LogP contribution < -0.4 is 5.32 Å². The van der Waals surface area contributed by atoms with Gasteiger partial charge in [0.1, 0.15) is 0 Å². The lowest BCUT2D eigenvalue weighted by Gasteiger charge is -1.98. The van der Waals surface area contributed by atoms with E-state index in [0.717, 1.165) is 21.6 Å². The predicted octanol–water partition coefficient (Wildman–Crippen LogP) is 2.86. The second kappa shape index (κ2) is 2.72. The van der Waals surface area contributed by atoms with E-state index in [1.54, 1.807) is 6.20 Å². The van der Waals surface area contributed by atoms with Crippen LogP contribution in [0.1, 0.15) is 0 Å². The van der Waals surface area contributed by atoms with E-state index in [9.17, 15) is 0 Å². The Morgan fingerprint density at radius 3 is 3.00 bits per heavy atom. The number of halogens is 1. The third-order valence-corrected chi connectivity index (χ3v) is 2.23. The molecular formula is C9H9ClN2. The van der Waals surface area contributed by atoms with Crippen LogP contribution in [0, 0.1) is 0 Å². The molecule has 62 valence electrons. The fraction of sp³-hybridized carbons (Fsp3) is 0.111. The van der Waals surface area contributed by atoms with Crippen LogP contribution in [-0.4, -0.2) is 12.0 Å². The number of anilines is 1. The summed E-state index contributed by atoms with van der Waals surface area (Å²) in [4.78, 5) is 3.08. The highest BCUT2D eigenvalue weighted by molar-refractivity contribution is 6.35. The lowest BCUT2D eigenvalue weighted by Crippen LogP contribution is -1.85. The molecule has 1 aromatic heterocycles. The number of nitrogens with one attached hydrogen (secondary N) is 2. The van der Waals surface area contributed by atoms with Crippen molar-refractivity contribution in [1.29, 1.82) is 0 Å². The van der Waals surface area contributed by atoms with Crippen LogP contribution >= 0.6 is 11.6 Å². The van der Waals surface area contributed by atoms with Gasteiger partial charge in [-0.1, -0.05) is 11.6 Å². The molecule has 0 spiro atoms. The molecule has 2 nitrogen and oxygen atoms in total. The Morgan fingerprint density at radius 2 is 2.25 bits per heavy atom. The van der Waals surface area contributed by atoms with Gasteiger partial charge in [0.25, 0.3) is 0 Å². The summed E-state index contributed by atoms with van der Waals surface area (Å²) in [7, 11) is 1.89. The topological polar surface area (TPSA) is 27.8 Å². The Hall–Kier alpha value is -1.15. The van der Waals surface area contributed by atoms with Crippen molar-refractivity contribution in [2.45, 2.75) is 0 Å². The van der Waals surface area contributed by atoms with E-state index < -0.39 is 0 Å². The summed E-state index contributed by atoms with van der Waals surface area (Å²) < 4.78 is 0. The van der Waals surface area contributed by atoms with Gasteiger partial charge in [0.15, 0.2) is 0 Å². The number of hydrogen-bond donors (Lipinski definition) is 2. The Morgan fingerprint density at radius 1 is 1.42 bits per heavy atom. The van der Waals surface area contributed by atoms with Gasteiger partial charge in [-0.15, -0.1) is 0 Å². The van der Waals surface area contributed by atoms with E-state index in [0.29, 0.717) is 0 Å². The summed E-state index contributed by atoms with van der Waals surface area (Å²) in [6.07, 6.45) is 1.80. The van der Waals surface area contributed by atoms with Crippen molar-refractivity contribution in [3.05, 3.63) is 29.4 Å². The first-order valence-electron chi connectivity index (χ1n) is 3.75. The lowest BCUT2D eigenvalue weighted by molar-refractivity contribution is 1.47. The SMILES string of the molecule is CNc1ccc2[nH]cc(Cl)c2c1. The maximum absolute atomic E-state index is 5.94. The van der Waals surface area contributed by atoms with Gasteiger partial charge in [0, 0.05) is 29.8 Å². The zero-order valence-electron chi connectivity index (χ0n) is 6.69. The Kier molecular flexibility index (Phi) is 1.70. The van der Waals surface area contributed by atoms with Crippen molar-refractivity contribution in [3.63, 3.8) is 0 Å². The van der Waals surface area contributed by atoms with Gasteiger partial charge in [-0.3, -0.25) is 0 Å². The molecule has 0 aliphatic heterocycles. The number of rotatable bonds is 1. The van der Waals surface area contributed by atoms with Crippen LogP contribution in [-0.2, 0) is 0 Å². The van der Waals surface area contributed by atoms with Crippen LogP contribution in [0.15, 0.2) is 24.4 Å². The van der Waals surface area contributed by atoms with E-state index in [1.165, 1.54) is 0 Å². The molecule has 1 heterocycles.